The maximum Gasteiger partial charge on any atom is 0.303 e. The van der Waals surface area contributed by atoms with Gasteiger partial charge in [0.2, 0.25) is 0 Å². The first-order chi connectivity index (χ1) is 13.5. The summed E-state index contributed by atoms with van der Waals surface area (Å²) < 4.78 is 6.12. The van der Waals surface area contributed by atoms with Crippen molar-refractivity contribution in [1.29, 1.82) is 0 Å². The second kappa shape index (κ2) is 10.7. The number of aliphatic hydroxyl groups excluding tert-OH is 2. The molecule has 0 amide bonds. The molecule has 3 aliphatic rings. The van der Waals surface area contributed by atoms with E-state index in [0.29, 0.717) is 31.3 Å². The number of carboxylic acid groups (broad SMARTS) is 1. The molecule has 2 aliphatic carbocycles. The van der Waals surface area contributed by atoms with Gasteiger partial charge in [0.15, 0.2) is 0 Å². The summed E-state index contributed by atoms with van der Waals surface area (Å²) in [4.78, 5) is 10.7. The van der Waals surface area contributed by atoms with Gasteiger partial charge in [-0.25, -0.2) is 0 Å². The third kappa shape index (κ3) is 6.30. The Morgan fingerprint density at radius 3 is 2.64 bits per heavy atom. The van der Waals surface area contributed by atoms with Gasteiger partial charge in [-0.2, -0.15) is 0 Å². The van der Waals surface area contributed by atoms with E-state index in [9.17, 15) is 15.0 Å². The van der Waals surface area contributed by atoms with Crippen LogP contribution in [0.2, 0.25) is 0 Å². The molecule has 0 bridgehead atoms. The molecule has 5 heteroatoms. The topological polar surface area (TPSA) is 87.0 Å². The molecule has 28 heavy (non-hydrogen) atoms. The van der Waals surface area contributed by atoms with Crippen LogP contribution in [0.15, 0.2) is 12.2 Å². The summed E-state index contributed by atoms with van der Waals surface area (Å²) in [7, 11) is 0. The summed E-state index contributed by atoms with van der Waals surface area (Å²) in [6, 6.07) is 0. The van der Waals surface area contributed by atoms with Gasteiger partial charge < -0.3 is 20.1 Å². The number of rotatable bonds is 9. The molecule has 0 aromatic rings. The summed E-state index contributed by atoms with van der Waals surface area (Å²) >= 11 is 0. The van der Waals surface area contributed by atoms with Crippen LogP contribution in [0, 0.1) is 23.7 Å². The van der Waals surface area contributed by atoms with E-state index in [4.69, 9.17) is 9.84 Å². The fourth-order valence-corrected chi connectivity index (χ4v) is 5.54. The number of carbonyl (C=O) groups is 1. The van der Waals surface area contributed by atoms with E-state index in [1.165, 1.54) is 25.7 Å². The third-order valence-corrected chi connectivity index (χ3v) is 7.25. The number of hydrogen-bond acceptors (Lipinski definition) is 4. The number of carboxylic acids is 1. The van der Waals surface area contributed by atoms with Crippen LogP contribution in [0.3, 0.4) is 0 Å². The molecular formula is C23H38O5. The van der Waals surface area contributed by atoms with Gasteiger partial charge in [0.05, 0.1) is 18.3 Å². The van der Waals surface area contributed by atoms with Crippen LogP contribution in [0.4, 0.5) is 0 Å². The average molecular weight is 395 g/mol. The Labute approximate surface area is 169 Å². The van der Waals surface area contributed by atoms with Crippen LogP contribution < -0.4 is 0 Å². The predicted octanol–water partition coefficient (Wildman–Crippen LogP) is 3.92. The van der Waals surface area contributed by atoms with Gasteiger partial charge in [0, 0.05) is 25.4 Å². The van der Waals surface area contributed by atoms with Gasteiger partial charge >= 0.3 is 5.97 Å². The van der Waals surface area contributed by atoms with Crippen molar-refractivity contribution in [1.82, 2.24) is 0 Å². The zero-order chi connectivity index (χ0) is 19.9. The number of hydrogen-bond donors (Lipinski definition) is 3. The monoisotopic (exact) mass is 394 g/mol. The smallest absolute Gasteiger partial charge is 0.303 e. The summed E-state index contributed by atoms with van der Waals surface area (Å²) in [5, 5.41) is 29.7. The van der Waals surface area contributed by atoms with E-state index in [1.54, 1.807) is 0 Å². The van der Waals surface area contributed by atoms with Gasteiger partial charge in [-0.1, -0.05) is 37.8 Å². The summed E-state index contributed by atoms with van der Waals surface area (Å²) in [6.45, 7) is 0.675. The predicted molar refractivity (Wildman–Crippen MR) is 108 cm³/mol. The van der Waals surface area contributed by atoms with Crippen molar-refractivity contribution < 1.29 is 24.9 Å². The van der Waals surface area contributed by atoms with E-state index in [-0.39, 0.29) is 18.4 Å². The lowest BCUT2D eigenvalue weighted by atomic mass is 9.86. The van der Waals surface area contributed by atoms with Crippen LogP contribution in [-0.2, 0) is 9.53 Å². The Bertz CT molecular complexity index is 513. The molecule has 1 aliphatic heterocycles. The van der Waals surface area contributed by atoms with Gasteiger partial charge in [-0.05, 0) is 56.3 Å². The quantitative estimate of drug-likeness (QED) is 0.516. The zero-order valence-corrected chi connectivity index (χ0v) is 17.0. The molecule has 0 unspecified atom stereocenters. The Hall–Kier alpha value is -0.910. The number of fused-ring (bicyclic) bond motifs is 1. The Balaban J connectivity index is 1.46. The molecule has 5 nitrogen and oxygen atoms in total. The highest BCUT2D eigenvalue weighted by molar-refractivity contribution is 5.66. The van der Waals surface area contributed by atoms with Crippen LogP contribution in [0.25, 0.3) is 0 Å². The normalized spacial score (nSPS) is 35.1. The highest BCUT2D eigenvalue weighted by atomic mass is 16.5. The molecule has 1 saturated heterocycles. The van der Waals surface area contributed by atoms with Crippen molar-refractivity contribution in [2.24, 2.45) is 23.7 Å². The van der Waals surface area contributed by atoms with E-state index < -0.39 is 18.2 Å². The molecule has 6 atom stereocenters. The molecule has 3 fully saturated rings. The molecule has 1 heterocycles. The molecule has 3 rings (SSSR count). The number of aliphatic carboxylic acids is 1. The first-order valence-electron chi connectivity index (χ1n) is 11.4. The van der Waals surface area contributed by atoms with Gasteiger partial charge in [-0.3, -0.25) is 4.79 Å². The molecule has 3 N–H and O–H groups in total. The van der Waals surface area contributed by atoms with E-state index in [1.807, 2.05) is 12.2 Å². The van der Waals surface area contributed by atoms with Gasteiger partial charge in [0.1, 0.15) is 0 Å². The van der Waals surface area contributed by atoms with E-state index >= 15 is 0 Å². The minimum Gasteiger partial charge on any atom is -0.481 e. The van der Waals surface area contributed by atoms with Crippen molar-refractivity contribution in [3.8, 4) is 0 Å². The molecule has 0 spiro atoms. The molecule has 0 aromatic carbocycles. The maximum atomic E-state index is 10.7. The van der Waals surface area contributed by atoms with Gasteiger partial charge in [-0.15, -0.1) is 0 Å². The summed E-state index contributed by atoms with van der Waals surface area (Å²) in [6.07, 6.45) is 15.0. The van der Waals surface area contributed by atoms with Crippen molar-refractivity contribution >= 4 is 5.97 Å². The lowest BCUT2D eigenvalue weighted by Crippen LogP contribution is -2.21. The summed E-state index contributed by atoms with van der Waals surface area (Å²) in [5.41, 5.74) is 0. The minimum absolute atomic E-state index is 0.0592. The molecule has 0 aromatic heterocycles. The standard InChI is InChI=1S/C23H38O5/c24-18(10-8-16-4-1-2-5-16)11-13-19-20-12-9-17(6-3-7-23(26)27)15-28-22(20)14-21(19)25/h11,13,16-22,24-25H,1-10,12,14-15H2,(H,26,27)/b13-11+/t17-,18-,19+,20+,21+,22-/m0/s1. The molecule has 0 radical (unpaired) electrons. The first-order valence-corrected chi connectivity index (χ1v) is 11.4. The first kappa shape index (κ1) is 21.8. The van der Waals surface area contributed by atoms with Crippen molar-refractivity contribution in [2.75, 3.05) is 6.61 Å². The fraction of sp³-hybridized carbons (Fsp3) is 0.870. The van der Waals surface area contributed by atoms with Crippen molar-refractivity contribution in [3.05, 3.63) is 12.2 Å². The largest absolute Gasteiger partial charge is 0.481 e. The average Bonchev–Trinajstić information content (AvgIpc) is 3.23. The Morgan fingerprint density at radius 2 is 1.89 bits per heavy atom. The second-order valence-electron chi connectivity index (χ2n) is 9.33. The fourth-order valence-electron chi connectivity index (χ4n) is 5.54. The van der Waals surface area contributed by atoms with Crippen molar-refractivity contribution in [2.45, 2.75) is 95.4 Å². The Morgan fingerprint density at radius 1 is 1.11 bits per heavy atom. The van der Waals surface area contributed by atoms with E-state index in [2.05, 4.69) is 0 Å². The SMILES string of the molecule is O=C(O)CCC[C@H]1CC[C@@H]2[C@@H](/C=C/[C@@H](O)CCC3CCCC3)[C@H](O)C[C@@H]2OC1. The highest BCUT2D eigenvalue weighted by Gasteiger charge is 2.43. The van der Waals surface area contributed by atoms with Crippen molar-refractivity contribution in [3.63, 3.8) is 0 Å². The van der Waals surface area contributed by atoms with Crippen LogP contribution >= 0.6 is 0 Å². The van der Waals surface area contributed by atoms with Gasteiger partial charge in [0.25, 0.3) is 0 Å². The second-order valence-corrected chi connectivity index (χ2v) is 9.33. The third-order valence-electron chi connectivity index (χ3n) is 7.25. The lowest BCUT2D eigenvalue weighted by Gasteiger charge is -2.21. The minimum atomic E-state index is -0.730. The van der Waals surface area contributed by atoms with Crippen LogP contribution in [-0.4, -0.2) is 46.2 Å². The molecule has 160 valence electrons. The lowest BCUT2D eigenvalue weighted by molar-refractivity contribution is -0.137. The number of ether oxygens (including phenoxy) is 1. The molecule has 2 saturated carbocycles. The van der Waals surface area contributed by atoms with Crippen LogP contribution in [0.1, 0.15) is 77.0 Å². The van der Waals surface area contributed by atoms with E-state index in [0.717, 1.165) is 38.0 Å². The van der Waals surface area contributed by atoms with Crippen LogP contribution in [0.5, 0.6) is 0 Å². The number of aliphatic hydroxyl groups is 2. The maximum absolute atomic E-state index is 10.7. The summed E-state index contributed by atoms with van der Waals surface area (Å²) in [5.74, 6) is 0.842. The molecular weight excluding hydrogens is 356 g/mol. The highest BCUT2D eigenvalue weighted by Crippen LogP contribution is 2.42. The Kier molecular flexibility index (Phi) is 8.36. The zero-order valence-electron chi connectivity index (χ0n) is 17.0.